The van der Waals surface area contributed by atoms with Gasteiger partial charge in [-0.3, -0.25) is 4.79 Å². The topological polar surface area (TPSA) is 57.7 Å². The van der Waals surface area contributed by atoms with Gasteiger partial charge < -0.3 is 19.9 Å². The molecule has 0 aliphatic carbocycles. The number of benzene rings is 3. The van der Waals surface area contributed by atoms with Crippen LogP contribution in [-0.4, -0.2) is 43.7 Å². The summed E-state index contributed by atoms with van der Waals surface area (Å²) in [5.74, 6) is 1.34. The maximum absolute atomic E-state index is 12.3. The molecule has 6 heteroatoms. The van der Waals surface area contributed by atoms with Crippen LogP contribution in [0.25, 0.3) is 10.9 Å². The van der Waals surface area contributed by atoms with Gasteiger partial charge in [0.15, 0.2) is 6.61 Å². The first-order valence-electron chi connectivity index (χ1n) is 11.2. The Bertz CT molecular complexity index is 1220. The van der Waals surface area contributed by atoms with Crippen LogP contribution in [0.15, 0.2) is 91.0 Å². The van der Waals surface area contributed by atoms with Crippen molar-refractivity contribution in [2.45, 2.75) is 0 Å². The zero-order valence-electron chi connectivity index (χ0n) is 18.4. The van der Waals surface area contributed by atoms with Gasteiger partial charge in [0.05, 0.1) is 0 Å². The number of carbonyl (C=O) groups is 1. The second-order valence-corrected chi connectivity index (χ2v) is 8.01. The van der Waals surface area contributed by atoms with Gasteiger partial charge in [0, 0.05) is 42.9 Å². The Morgan fingerprint density at radius 1 is 0.788 bits per heavy atom. The molecule has 0 atom stereocenters. The largest absolute Gasteiger partial charge is 0.481 e. The summed E-state index contributed by atoms with van der Waals surface area (Å²) in [6.07, 6.45) is 0. The summed E-state index contributed by atoms with van der Waals surface area (Å²) in [5, 5.41) is 3.83. The van der Waals surface area contributed by atoms with Gasteiger partial charge in [0.25, 0.3) is 5.91 Å². The highest BCUT2D eigenvalue weighted by Gasteiger charge is 2.19. The molecule has 0 saturated carbocycles. The first-order valence-corrected chi connectivity index (χ1v) is 11.2. The molecule has 3 aromatic carbocycles. The van der Waals surface area contributed by atoms with Crippen LogP contribution < -0.4 is 19.9 Å². The van der Waals surface area contributed by atoms with Gasteiger partial charge in [-0.25, -0.2) is 4.98 Å². The molecule has 1 amide bonds. The zero-order valence-corrected chi connectivity index (χ0v) is 18.4. The van der Waals surface area contributed by atoms with Crippen molar-refractivity contribution in [3.8, 4) is 5.75 Å². The minimum atomic E-state index is -0.202. The molecule has 0 radical (unpaired) electrons. The van der Waals surface area contributed by atoms with Gasteiger partial charge in [0.1, 0.15) is 17.1 Å². The molecule has 4 aromatic rings. The van der Waals surface area contributed by atoms with E-state index in [2.05, 4.69) is 51.5 Å². The number of para-hydroxylation sites is 3. The van der Waals surface area contributed by atoms with Crippen molar-refractivity contribution in [2.75, 3.05) is 47.9 Å². The smallest absolute Gasteiger partial charge is 0.262 e. The van der Waals surface area contributed by atoms with E-state index in [9.17, 15) is 4.79 Å². The van der Waals surface area contributed by atoms with Crippen LogP contribution in [0.1, 0.15) is 0 Å². The average Bonchev–Trinajstić information content (AvgIpc) is 2.88. The summed E-state index contributed by atoms with van der Waals surface area (Å²) in [6, 6.07) is 29.8. The number of pyridine rings is 1. The highest BCUT2D eigenvalue weighted by molar-refractivity contribution is 5.92. The lowest BCUT2D eigenvalue weighted by Gasteiger charge is -2.36. The Labute approximate surface area is 193 Å². The Hall–Kier alpha value is -4.06. The van der Waals surface area contributed by atoms with Crippen LogP contribution >= 0.6 is 0 Å². The quantitative estimate of drug-likeness (QED) is 0.478. The van der Waals surface area contributed by atoms with Gasteiger partial charge in [0.2, 0.25) is 0 Å². The summed E-state index contributed by atoms with van der Waals surface area (Å²) in [4.78, 5) is 21.9. The molecular weight excluding hydrogens is 412 g/mol. The number of nitrogens with zero attached hydrogens (tertiary/aromatic N) is 3. The monoisotopic (exact) mass is 438 g/mol. The molecule has 6 nitrogen and oxygen atoms in total. The Kier molecular flexibility index (Phi) is 6.06. The molecule has 1 N–H and O–H groups in total. The van der Waals surface area contributed by atoms with Crippen LogP contribution in [-0.2, 0) is 4.79 Å². The molecule has 1 aliphatic heterocycles. The maximum atomic E-state index is 12.3. The van der Waals surface area contributed by atoms with E-state index in [1.165, 1.54) is 5.69 Å². The molecule has 1 fully saturated rings. The van der Waals surface area contributed by atoms with E-state index in [4.69, 9.17) is 9.72 Å². The SMILES string of the molecule is O=C(COc1cccc2ccc(N3CCN(c4ccccc4)CC3)nc12)Nc1ccccc1. The van der Waals surface area contributed by atoms with Crippen molar-refractivity contribution in [2.24, 2.45) is 0 Å². The lowest BCUT2D eigenvalue weighted by Crippen LogP contribution is -2.46. The Balaban J connectivity index is 1.27. The molecule has 1 saturated heterocycles. The number of ether oxygens (including phenoxy) is 1. The van der Waals surface area contributed by atoms with Crippen LogP contribution in [0.2, 0.25) is 0 Å². The van der Waals surface area contributed by atoms with Crippen LogP contribution in [0, 0.1) is 0 Å². The third-order valence-electron chi connectivity index (χ3n) is 5.81. The van der Waals surface area contributed by atoms with Gasteiger partial charge in [-0.05, 0) is 42.5 Å². The van der Waals surface area contributed by atoms with E-state index in [0.29, 0.717) is 5.75 Å². The minimum Gasteiger partial charge on any atom is -0.481 e. The third-order valence-corrected chi connectivity index (χ3v) is 5.81. The maximum Gasteiger partial charge on any atom is 0.262 e. The summed E-state index contributed by atoms with van der Waals surface area (Å²) >= 11 is 0. The summed E-state index contributed by atoms with van der Waals surface area (Å²) < 4.78 is 5.87. The normalized spacial score (nSPS) is 13.7. The number of piperazine rings is 1. The van der Waals surface area contributed by atoms with E-state index < -0.39 is 0 Å². The van der Waals surface area contributed by atoms with Gasteiger partial charge in [-0.15, -0.1) is 0 Å². The number of hydrogen-bond donors (Lipinski definition) is 1. The van der Waals surface area contributed by atoms with Crippen LogP contribution in [0.5, 0.6) is 5.75 Å². The molecule has 0 spiro atoms. The standard InChI is InChI=1S/C27H26N4O2/c32-26(28-22-9-3-1-4-10-22)20-33-24-13-7-8-21-14-15-25(29-27(21)24)31-18-16-30(17-19-31)23-11-5-2-6-12-23/h1-15H,16-20H2,(H,28,32). The molecule has 0 unspecified atom stereocenters. The van der Waals surface area contributed by atoms with E-state index in [1.54, 1.807) is 0 Å². The van der Waals surface area contributed by atoms with Crippen molar-refractivity contribution in [3.05, 3.63) is 91.0 Å². The number of nitrogens with one attached hydrogen (secondary N) is 1. The highest BCUT2D eigenvalue weighted by atomic mass is 16.5. The highest BCUT2D eigenvalue weighted by Crippen LogP contribution is 2.27. The second kappa shape index (κ2) is 9.61. The molecule has 2 heterocycles. The summed E-state index contributed by atoms with van der Waals surface area (Å²) in [7, 11) is 0. The summed E-state index contributed by atoms with van der Waals surface area (Å²) in [5.41, 5.74) is 2.78. The Morgan fingerprint density at radius 2 is 1.48 bits per heavy atom. The number of fused-ring (bicyclic) bond motifs is 1. The lowest BCUT2D eigenvalue weighted by atomic mass is 10.2. The average molecular weight is 439 g/mol. The molecular formula is C27H26N4O2. The molecule has 166 valence electrons. The second-order valence-electron chi connectivity index (χ2n) is 8.01. The third kappa shape index (κ3) is 4.90. The van der Waals surface area contributed by atoms with E-state index >= 15 is 0 Å². The minimum absolute atomic E-state index is 0.0737. The van der Waals surface area contributed by atoms with Crippen molar-refractivity contribution in [1.29, 1.82) is 0 Å². The molecule has 33 heavy (non-hydrogen) atoms. The van der Waals surface area contributed by atoms with Gasteiger partial charge in [-0.1, -0.05) is 48.5 Å². The summed E-state index contributed by atoms with van der Waals surface area (Å²) in [6.45, 7) is 3.62. The van der Waals surface area contributed by atoms with Crippen molar-refractivity contribution in [3.63, 3.8) is 0 Å². The van der Waals surface area contributed by atoms with E-state index in [1.807, 2.05) is 54.6 Å². The van der Waals surface area contributed by atoms with Crippen molar-refractivity contribution in [1.82, 2.24) is 4.98 Å². The fraction of sp³-hybridized carbons (Fsp3) is 0.185. The molecule has 5 rings (SSSR count). The number of carbonyl (C=O) groups excluding carboxylic acids is 1. The van der Waals surface area contributed by atoms with Gasteiger partial charge >= 0.3 is 0 Å². The van der Waals surface area contributed by atoms with Crippen molar-refractivity contribution >= 4 is 34.0 Å². The first-order chi connectivity index (χ1) is 16.3. The van der Waals surface area contributed by atoms with Crippen molar-refractivity contribution < 1.29 is 9.53 Å². The van der Waals surface area contributed by atoms with Crippen LogP contribution in [0.3, 0.4) is 0 Å². The number of anilines is 3. The number of amides is 1. The van der Waals surface area contributed by atoms with E-state index in [-0.39, 0.29) is 12.5 Å². The fourth-order valence-electron chi connectivity index (χ4n) is 4.10. The number of aromatic nitrogens is 1. The number of hydrogen-bond acceptors (Lipinski definition) is 5. The first kappa shape index (κ1) is 20.8. The Morgan fingerprint density at radius 3 is 2.24 bits per heavy atom. The number of rotatable bonds is 6. The molecule has 1 aliphatic rings. The van der Waals surface area contributed by atoms with E-state index in [0.717, 1.165) is 48.6 Å². The fourth-order valence-corrected chi connectivity index (χ4v) is 4.10. The lowest BCUT2D eigenvalue weighted by molar-refractivity contribution is -0.118. The predicted molar refractivity (Wildman–Crippen MR) is 133 cm³/mol. The molecule has 0 bridgehead atoms. The zero-order chi connectivity index (χ0) is 22.5. The predicted octanol–water partition coefficient (Wildman–Crippen LogP) is 4.58. The van der Waals surface area contributed by atoms with Gasteiger partial charge in [-0.2, -0.15) is 0 Å². The molecule has 1 aromatic heterocycles. The van der Waals surface area contributed by atoms with Crippen LogP contribution in [0.4, 0.5) is 17.2 Å².